The van der Waals surface area contributed by atoms with E-state index in [4.69, 9.17) is 0 Å². The molecule has 0 spiro atoms. The van der Waals surface area contributed by atoms with Gasteiger partial charge in [-0.15, -0.1) is 0 Å². The van der Waals surface area contributed by atoms with Gasteiger partial charge in [-0.05, 0) is 31.5 Å². The monoisotopic (exact) mass is 298 g/mol. The lowest BCUT2D eigenvalue weighted by Crippen LogP contribution is -2.25. The summed E-state index contributed by atoms with van der Waals surface area (Å²) in [6.45, 7) is 4.09. The number of carbonyl (C=O) groups is 2. The van der Waals surface area contributed by atoms with Crippen LogP contribution in [0.3, 0.4) is 0 Å². The molecule has 0 saturated carbocycles. The normalized spacial score (nSPS) is 10.1. The molecular weight excluding hydrogens is 280 g/mol. The molecule has 6 heteroatoms. The summed E-state index contributed by atoms with van der Waals surface area (Å²) in [4.78, 5) is 31.5. The van der Waals surface area contributed by atoms with Crippen molar-refractivity contribution in [2.45, 2.75) is 20.3 Å². The zero-order chi connectivity index (χ0) is 15.9. The van der Waals surface area contributed by atoms with Gasteiger partial charge in [0, 0.05) is 24.0 Å². The van der Waals surface area contributed by atoms with E-state index in [2.05, 4.69) is 20.6 Å². The Morgan fingerprint density at radius 1 is 1.23 bits per heavy atom. The van der Waals surface area contributed by atoms with Gasteiger partial charge in [0.05, 0.1) is 0 Å². The topological polar surface area (TPSA) is 84.0 Å². The van der Waals surface area contributed by atoms with Crippen LogP contribution in [-0.4, -0.2) is 28.2 Å². The molecule has 0 aliphatic heterocycles. The number of aromatic nitrogens is 2. The summed E-state index contributed by atoms with van der Waals surface area (Å²) in [6, 6.07) is 8.59. The van der Waals surface area contributed by atoms with Crippen molar-refractivity contribution in [1.82, 2.24) is 15.3 Å². The molecule has 0 atom stereocenters. The molecule has 2 aromatic rings. The average molecular weight is 298 g/mol. The van der Waals surface area contributed by atoms with Crippen molar-refractivity contribution in [2.75, 3.05) is 11.9 Å². The van der Waals surface area contributed by atoms with E-state index in [-0.39, 0.29) is 11.7 Å². The molecule has 0 bridgehead atoms. The summed E-state index contributed by atoms with van der Waals surface area (Å²) in [5.41, 5.74) is 1.59. The quantitative estimate of drug-likeness (QED) is 0.801. The van der Waals surface area contributed by atoms with Crippen LogP contribution in [0.25, 0.3) is 0 Å². The molecule has 0 aliphatic rings. The Labute approximate surface area is 129 Å². The third-order valence-electron chi connectivity index (χ3n) is 2.95. The van der Waals surface area contributed by atoms with Crippen LogP contribution in [0, 0.1) is 0 Å². The number of Topliss-reactive ketones (excluding diaryl/α,β-unsaturated/α-hetero) is 1. The second-order valence-corrected chi connectivity index (χ2v) is 4.78. The molecule has 22 heavy (non-hydrogen) atoms. The van der Waals surface area contributed by atoms with Gasteiger partial charge in [-0.25, -0.2) is 9.97 Å². The molecule has 0 radical (unpaired) electrons. The molecule has 1 heterocycles. The van der Waals surface area contributed by atoms with Crippen molar-refractivity contribution in [1.29, 1.82) is 0 Å². The first kappa shape index (κ1) is 15.6. The largest absolute Gasteiger partial charge is 0.351 e. The van der Waals surface area contributed by atoms with Crippen molar-refractivity contribution in [2.24, 2.45) is 0 Å². The number of amides is 1. The van der Waals surface area contributed by atoms with Gasteiger partial charge in [0.1, 0.15) is 5.69 Å². The number of ketones is 1. The number of hydrogen-bond donors (Lipinski definition) is 2. The predicted octanol–water partition coefficient (Wildman–Crippen LogP) is 2.56. The van der Waals surface area contributed by atoms with E-state index < -0.39 is 0 Å². The number of benzene rings is 1. The summed E-state index contributed by atoms with van der Waals surface area (Å²) >= 11 is 0. The zero-order valence-corrected chi connectivity index (χ0v) is 12.6. The fraction of sp³-hybridized carbons (Fsp3) is 0.250. The molecule has 0 saturated heterocycles. The van der Waals surface area contributed by atoms with Crippen LogP contribution in [0.4, 0.5) is 11.6 Å². The van der Waals surface area contributed by atoms with Gasteiger partial charge in [0.15, 0.2) is 5.78 Å². The van der Waals surface area contributed by atoms with Crippen LogP contribution in [0.1, 0.15) is 41.1 Å². The molecule has 1 amide bonds. The number of nitrogens with one attached hydrogen (secondary N) is 2. The van der Waals surface area contributed by atoms with Crippen LogP contribution < -0.4 is 10.6 Å². The highest BCUT2D eigenvalue weighted by atomic mass is 16.1. The minimum absolute atomic E-state index is 0.0164. The molecule has 0 unspecified atom stereocenters. The molecular formula is C16H18N4O2. The summed E-state index contributed by atoms with van der Waals surface area (Å²) in [5, 5.41) is 5.76. The molecule has 6 nitrogen and oxygen atoms in total. The zero-order valence-electron chi connectivity index (χ0n) is 12.6. The van der Waals surface area contributed by atoms with E-state index in [1.807, 2.05) is 6.92 Å². The lowest BCUT2D eigenvalue weighted by molar-refractivity contribution is 0.0947. The van der Waals surface area contributed by atoms with E-state index in [0.29, 0.717) is 29.4 Å². The average Bonchev–Trinajstić information content (AvgIpc) is 2.53. The SMILES string of the molecule is CCCNC(=O)c1ccnc(Nc2cccc(C(C)=O)c2)n1. The highest BCUT2D eigenvalue weighted by Gasteiger charge is 2.08. The molecule has 1 aromatic carbocycles. The third kappa shape index (κ3) is 4.12. The first-order valence-corrected chi connectivity index (χ1v) is 7.09. The fourth-order valence-electron chi connectivity index (χ4n) is 1.82. The molecule has 1 aromatic heterocycles. The van der Waals surface area contributed by atoms with E-state index in [1.54, 1.807) is 30.3 Å². The minimum Gasteiger partial charge on any atom is -0.351 e. The standard InChI is InChI=1S/C16H18N4O2/c1-3-8-17-15(22)14-7-9-18-16(20-14)19-13-6-4-5-12(10-13)11(2)21/h4-7,9-10H,3,8H2,1-2H3,(H,17,22)(H,18,19,20). The van der Waals surface area contributed by atoms with Gasteiger partial charge in [0.25, 0.3) is 5.91 Å². The Kier molecular flexibility index (Phi) is 5.19. The van der Waals surface area contributed by atoms with Crippen LogP contribution in [0.2, 0.25) is 0 Å². The van der Waals surface area contributed by atoms with Gasteiger partial charge in [-0.1, -0.05) is 19.1 Å². The lowest BCUT2D eigenvalue weighted by atomic mass is 10.1. The van der Waals surface area contributed by atoms with Crippen LogP contribution >= 0.6 is 0 Å². The van der Waals surface area contributed by atoms with Gasteiger partial charge in [-0.3, -0.25) is 9.59 Å². The van der Waals surface area contributed by atoms with E-state index in [9.17, 15) is 9.59 Å². The summed E-state index contributed by atoms with van der Waals surface area (Å²) in [7, 11) is 0. The lowest BCUT2D eigenvalue weighted by Gasteiger charge is -2.07. The smallest absolute Gasteiger partial charge is 0.270 e. The summed E-state index contributed by atoms with van der Waals surface area (Å²) in [5.74, 6) is 0.0619. The van der Waals surface area contributed by atoms with Crippen molar-refractivity contribution >= 4 is 23.3 Å². The van der Waals surface area contributed by atoms with E-state index >= 15 is 0 Å². The number of anilines is 2. The highest BCUT2D eigenvalue weighted by molar-refractivity contribution is 5.95. The van der Waals surface area contributed by atoms with Crippen molar-refractivity contribution < 1.29 is 9.59 Å². The summed E-state index contributed by atoms with van der Waals surface area (Å²) in [6.07, 6.45) is 2.38. The maximum Gasteiger partial charge on any atom is 0.270 e. The highest BCUT2D eigenvalue weighted by Crippen LogP contribution is 2.15. The van der Waals surface area contributed by atoms with Gasteiger partial charge in [-0.2, -0.15) is 0 Å². The number of nitrogens with zero attached hydrogens (tertiary/aromatic N) is 2. The number of carbonyl (C=O) groups excluding carboxylic acids is 2. The first-order valence-electron chi connectivity index (χ1n) is 7.09. The van der Waals surface area contributed by atoms with Crippen molar-refractivity contribution in [3.05, 3.63) is 47.8 Å². The van der Waals surface area contributed by atoms with Crippen molar-refractivity contribution in [3.8, 4) is 0 Å². The first-order chi connectivity index (χ1) is 10.6. The fourth-order valence-corrected chi connectivity index (χ4v) is 1.82. The predicted molar refractivity (Wildman–Crippen MR) is 84.4 cm³/mol. The molecule has 2 rings (SSSR count). The van der Waals surface area contributed by atoms with E-state index in [1.165, 1.54) is 13.1 Å². The number of hydrogen-bond acceptors (Lipinski definition) is 5. The molecule has 114 valence electrons. The van der Waals surface area contributed by atoms with Crippen molar-refractivity contribution in [3.63, 3.8) is 0 Å². The van der Waals surface area contributed by atoms with Gasteiger partial charge < -0.3 is 10.6 Å². The maximum absolute atomic E-state index is 11.9. The van der Waals surface area contributed by atoms with Gasteiger partial charge in [0.2, 0.25) is 5.95 Å². The second kappa shape index (κ2) is 7.31. The Balaban J connectivity index is 2.15. The maximum atomic E-state index is 11.9. The minimum atomic E-state index is -0.232. The van der Waals surface area contributed by atoms with Crippen LogP contribution in [0.15, 0.2) is 36.5 Å². The Hall–Kier alpha value is -2.76. The van der Waals surface area contributed by atoms with Crippen LogP contribution in [-0.2, 0) is 0 Å². The third-order valence-corrected chi connectivity index (χ3v) is 2.95. The Morgan fingerprint density at radius 3 is 2.77 bits per heavy atom. The van der Waals surface area contributed by atoms with Crippen LogP contribution in [0.5, 0.6) is 0 Å². The van der Waals surface area contributed by atoms with E-state index in [0.717, 1.165) is 6.42 Å². The Bertz CT molecular complexity index is 685. The Morgan fingerprint density at radius 2 is 2.05 bits per heavy atom. The number of rotatable bonds is 6. The molecule has 2 N–H and O–H groups in total. The summed E-state index contributed by atoms with van der Waals surface area (Å²) < 4.78 is 0. The second-order valence-electron chi connectivity index (χ2n) is 4.78. The molecule has 0 fully saturated rings. The molecule has 0 aliphatic carbocycles. The van der Waals surface area contributed by atoms with Gasteiger partial charge >= 0.3 is 0 Å².